The van der Waals surface area contributed by atoms with E-state index in [2.05, 4.69) is 6.92 Å². The van der Waals surface area contributed by atoms with Crippen molar-refractivity contribution in [2.24, 2.45) is 0 Å². The molecule has 0 bridgehead atoms. The molecular weight excluding hydrogens is 148 g/mol. The minimum Gasteiger partial charge on any atom is -0.298 e. The molecule has 0 rings (SSSR count). The summed E-state index contributed by atoms with van der Waals surface area (Å²) in [4.78, 5) is 10.3. The van der Waals surface area contributed by atoms with Crippen LogP contribution < -0.4 is 0 Å². The molecule has 0 unspecified atom stereocenters. The highest BCUT2D eigenvalue weighted by Crippen LogP contribution is 2.01. The van der Waals surface area contributed by atoms with Gasteiger partial charge in [-0.05, 0) is 18.4 Å². The zero-order chi connectivity index (χ0) is 9.82. The second kappa shape index (κ2) is 13.0. The number of carbonyl (C=O) groups is 1. The van der Waals surface area contributed by atoms with E-state index in [-0.39, 0.29) is 0 Å². The molecular formula is C11H22O. The number of rotatable bonds is 5. The highest BCUT2D eigenvalue weighted by molar-refractivity contribution is 5.72. The molecule has 0 aromatic carbocycles. The summed E-state index contributed by atoms with van der Waals surface area (Å²) in [6.07, 6.45) is 7.31. The van der Waals surface area contributed by atoms with Gasteiger partial charge in [0.1, 0.15) is 6.29 Å². The Kier molecular flexibility index (Phi) is 15.2. The molecule has 12 heavy (non-hydrogen) atoms. The highest BCUT2D eigenvalue weighted by atomic mass is 16.1. The van der Waals surface area contributed by atoms with Gasteiger partial charge < -0.3 is 0 Å². The Labute approximate surface area is 76.9 Å². The maximum Gasteiger partial charge on any atom is 0.145 e. The maximum absolute atomic E-state index is 10.3. The molecule has 0 N–H and O–H groups in total. The summed E-state index contributed by atoms with van der Waals surface area (Å²) in [6.45, 7) is 8.16. The van der Waals surface area contributed by atoms with Gasteiger partial charge in [-0.3, -0.25) is 4.79 Å². The summed E-state index contributed by atoms with van der Waals surface area (Å²) in [7, 11) is 0. The van der Waals surface area contributed by atoms with E-state index in [4.69, 9.17) is 0 Å². The summed E-state index contributed by atoms with van der Waals surface area (Å²) < 4.78 is 0. The first-order chi connectivity index (χ1) is 5.85. The molecule has 72 valence electrons. The van der Waals surface area contributed by atoms with Gasteiger partial charge in [0.2, 0.25) is 0 Å². The van der Waals surface area contributed by atoms with E-state index in [0.717, 1.165) is 24.7 Å². The quantitative estimate of drug-likeness (QED) is 0.349. The van der Waals surface area contributed by atoms with Crippen molar-refractivity contribution in [2.45, 2.75) is 53.4 Å². The van der Waals surface area contributed by atoms with Gasteiger partial charge in [-0.2, -0.15) is 0 Å². The van der Waals surface area contributed by atoms with Crippen molar-refractivity contribution in [2.75, 3.05) is 0 Å². The first-order valence-electron chi connectivity index (χ1n) is 4.99. The number of hydrogen-bond acceptors (Lipinski definition) is 1. The molecule has 0 atom stereocenters. The van der Waals surface area contributed by atoms with Crippen LogP contribution in [0.25, 0.3) is 0 Å². The molecule has 1 nitrogen and oxygen atoms in total. The van der Waals surface area contributed by atoms with Crippen molar-refractivity contribution in [1.29, 1.82) is 0 Å². The van der Waals surface area contributed by atoms with Crippen molar-refractivity contribution >= 4 is 6.29 Å². The number of unbranched alkanes of at least 4 members (excludes halogenated alkanes) is 2. The van der Waals surface area contributed by atoms with Crippen molar-refractivity contribution in [3.63, 3.8) is 0 Å². The fourth-order valence-electron chi connectivity index (χ4n) is 0.767. The molecule has 1 heteroatoms. The Morgan fingerprint density at radius 2 is 1.83 bits per heavy atom. The topological polar surface area (TPSA) is 17.1 Å². The van der Waals surface area contributed by atoms with Crippen LogP contribution in [0.15, 0.2) is 11.6 Å². The van der Waals surface area contributed by atoms with Crippen molar-refractivity contribution in [3.05, 3.63) is 11.6 Å². The van der Waals surface area contributed by atoms with Crippen LogP contribution >= 0.6 is 0 Å². The minimum atomic E-state index is 0.868. The van der Waals surface area contributed by atoms with E-state index in [1.807, 2.05) is 26.8 Å². The first kappa shape index (κ1) is 14.0. The lowest BCUT2D eigenvalue weighted by Gasteiger charge is -1.92. The third kappa shape index (κ3) is 9.41. The maximum atomic E-state index is 10.3. The molecule has 0 fully saturated rings. The van der Waals surface area contributed by atoms with Crippen molar-refractivity contribution in [1.82, 2.24) is 0 Å². The van der Waals surface area contributed by atoms with E-state index in [1.54, 1.807) is 0 Å². The number of aldehydes is 1. The minimum absolute atomic E-state index is 0.868. The third-order valence-corrected chi connectivity index (χ3v) is 1.52. The lowest BCUT2D eigenvalue weighted by Crippen LogP contribution is -1.81. The van der Waals surface area contributed by atoms with Gasteiger partial charge in [-0.15, -0.1) is 0 Å². The predicted molar refractivity (Wildman–Crippen MR) is 55.3 cm³/mol. The average molecular weight is 170 g/mol. The van der Waals surface area contributed by atoms with Crippen LogP contribution in [0.5, 0.6) is 0 Å². The lowest BCUT2D eigenvalue weighted by atomic mass is 10.1. The van der Waals surface area contributed by atoms with Crippen LogP contribution in [0.2, 0.25) is 0 Å². The van der Waals surface area contributed by atoms with Crippen LogP contribution in [0, 0.1) is 0 Å². The predicted octanol–water partition coefficient (Wildman–Crippen LogP) is 3.74. The molecule has 0 aliphatic heterocycles. The van der Waals surface area contributed by atoms with Gasteiger partial charge in [-0.25, -0.2) is 0 Å². The Morgan fingerprint density at radius 3 is 2.17 bits per heavy atom. The largest absolute Gasteiger partial charge is 0.298 e. The standard InChI is InChI=1S/C9H16O.C2H6/c1-3-5-6-7-9(4-2)8-10;1-2/h7-8H,3-6H2,1-2H3;1-2H3/b9-7+;. The summed E-state index contributed by atoms with van der Waals surface area (Å²) in [5, 5.41) is 0. The summed E-state index contributed by atoms with van der Waals surface area (Å²) in [6, 6.07) is 0. The van der Waals surface area contributed by atoms with E-state index < -0.39 is 0 Å². The van der Waals surface area contributed by atoms with Gasteiger partial charge in [0.25, 0.3) is 0 Å². The summed E-state index contributed by atoms with van der Waals surface area (Å²) in [5.41, 5.74) is 0.938. The molecule has 0 aromatic rings. The van der Waals surface area contributed by atoms with Crippen LogP contribution in [-0.2, 0) is 4.79 Å². The Hall–Kier alpha value is -0.590. The zero-order valence-corrected chi connectivity index (χ0v) is 8.89. The van der Waals surface area contributed by atoms with Crippen molar-refractivity contribution < 1.29 is 4.79 Å². The molecule has 0 aliphatic carbocycles. The van der Waals surface area contributed by atoms with Crippen LogP contribution in [0.4, 0.5) is 0 Å². The molecule has 0 saturated carbocycles. The fourth-order valence-corrected chi connectivity index (χ4v) is 0.767. The van der Waals surface area contributed by atoms with E-state index in [9.17, 15) is 4.79 Å². The van der Waals surface area contributed by atoms with Gasteiger partial charge in [0.05, 0.1) is 0 Å². The lowest BCUT2D eigenvalue weighted by molar-refractivity contribution is -0.105. The Morgan fingerprint density at radius 1 is 1.25 bits per heavy atom. The van der Waals surface area contributed by atoms with Gasteiger partial charge in [-0.1, -0.05) is 46.6 Å². The van der Waals surface area contributed by atoms with Gasteiger partial charge in [0, 0.05) is 0 Å². The Balaban J connectivity index is 0. The van der Waals surface area contributed by atoms with Crippen LogP contribution in [0.3, 0.4) is 0 Å². The molecule has 0 radical (unpaired) electrons. The molecule has 0 heterocycles. The molecule has 0 aromatic heterocycles. The smallest absolute Gasteiger partial charge is 0.145 e. The second-order valence-corrected chi connectivity index (χ2v) is 2.39. The summed E-state index contributed by atoms with van der Waals surface area (Å²) >= 11 is 0. The van der Waals surface area contributed by atoms with E-state index in [0.29, 0.717) is 0 Å². The van der Waals surface area contributed by atoms with Gasteiger partial charge >= 0.3 is 0 Å². The van der Waals surface area contributed by atoms with Crippen LogP contribution in [0.1, 0.15) is 53.4 Å². The number of carbonyl (C=O) groups excluding carboxylic acids is 1. The van der Waals surface area contributed by atoms with Gasteiger partial charge in [0.15, 0.2) is 0 Å². The van der Waals surface area contributed by atoms with E-state index in [1.165, 1.54) is 12.8 Å². The molecule has 0 aliphatic rings. The Bertz CT molecular complexity index is 114. The molecule has 0 saturated heterocycles. The molecule has 0 amide bonds. The third-order valence-electron chi connectivity index (χ3n) is 1.52. The fraction of sp³-hybridized carbons (Fsp3) is 0.727. The zero-order valence-electron chi connectivity index (χ0n) is 8.89. The summed E-state index contributed by atoms with van der Waals surface area (Å²) in [5.74, 6) is 0. The molecule has 0 spiro atoms. The highest BCUT2D eigenvalue weighted by Gasteiger charge is 1.88. The first-order valence-corrected chi connectivity index (χ1v) is 4.99. The van der Waals surface area contributed by atoms with Crippen LogP contribution in [-0.4, -0.2) is 6.29 Å². The normalized spacial score (nSPS) is 10.2. The second-order valence-electron chi connectivity index (χ2n) is 2.39. The average Bonchev–Trinajstić information content (AvgIpc) is 2.16. The number of hydrogen-bond donors (Lipinski definition) is 0. The van der Waals surface area contributed by atoms with Crippen molar-refractivity contribution in [3.8, 4) is 0 Å². The monoisotopic (exact) mass is 170 g/mol. The number of allylic oxidation sites excluding steroid dienone is 2. The SMILES string of the molecule is CC.CCCC/C=C(/C=O)CC. The van der Waals surface area contributed by atoms with E-state index >= 15 is 0 Å².